The fourth-order valence-corrected chi connectivity index (χ4v) is 2.02. The van der Waals surface area contributed by atoms with Crippen LogP contribution >= 0.6 is 0 Å². The number of carboxylic acid groups (broad SMARTS) is 1. The average molecular weight is 218 g/mol. The van der Waals surface area contributed by atoms with Gasteiger partial charge in [-0.25, -0.2) is 0 Å². The quantitative estimate of drug-likeness (QED) is 0.690. The summed E-state index contributed by atoms with van der Waals surface area (Å²) in [6.07, 6.45) is 0.636. The summed E-state index contributed by atoms with van der Waals surface area (Å²) in [4.78, 5) is 13.8. The Balaban J connectivity index is 2.50. The summed E-state index contributed by atoms with van der Waals surface area (Å²) in [6, 6.07) is 5.66. The zero-order chi connectivity index (χ0) is 11.7. The number of fused-ring (bicyclic) bond motifs is 1. The van der Waals surface area contributed by atoms with Crippen molar-refractivity contribution >= 4 is 22.6 Å². The molecule has 0 fully saturated rings. The van der Waals surface area contributed by atoms with Gasteiger partial charge in [0, 0.05) is 28.7 Å². The van der Waals surface area contributed by atoms with E-state index in [2.05, 4.69) is 4.98 Å². The third-order valence-electron chi connectivity index (χ3n) is 2.76. The summed E-state index contributed by atoms with van der Waals surface area (Å²) in [5, 5.41) is 9.66. The van der Waals surface area contributed by atoms with Crippen LogP contribution in [0.5, 0.6) is 0 Å². The number of nitrogens with two attached hydrogens (primary N) is 1. The third-order valence-corrected chi connectivity index (χ3v) is 2.76. The number of rotatable bonds is 3. The van der Waals surface area contributed by atoms with Gasteiger partial charge in [-0.15, -0.1) is 0 Å². The molecule has 0 bridgehead atoms. The van der Waals surface area contributed by atoms with Crippen LogP contribution in [-0.4, -0.2) is 16.1 Å². The van der Waals surface area contributed by atoms with Crippen molar-refractivity contribution in [2.24, 2.45) is 0 Å². The number of aromatic nitrogens is 1. The van der Waals surface area contributed by atoms with Gasteiger partial charge in [0.1, 0.15) is 0 Å². The number of benzene rings is 1. The molecule has 4 nitrogen and oxygen atoms in total. The summed E-state index contributed by atoms with van der Waals surface area (Å²) in [5.74, 6) is -0.789. The van der Waals surface area contributed by atoms with Crippen molar-refractivity contribution in [2.45, 2.75) is 19.8 Å². The van der Waals surface area contributed by atoms with E-state index >= 15 is 0 Å². The van der Waals surface area contributed by atoms with Gasteiger partial charge in [-0.2, -0.15) is 0 Å². The molecule has 0 saturated heterocycles. The Labute approximate surface area is 93.1 Å². The van der Waals surface area contributed by atoms with Crippen molar-refractivity contribution in [3.63, 3.8) is 0 Å². The molecule has 2 rings (SSSR count). The molecule has 0 aliphatic heterocycles. The largest absolute Gasteiger partial charge is 0.481 e. The molecule has 0 amide bonds. The van der Waals surface area contributed by atoms with Crippen LogP contribution in [0.2, 0.25) is 0 Å². The second-order valence-corrected chi connectivity index (χ2v) is 3.89. The van der Waals surface area contributed by atoms with Gasteiger partial charge in [0.25, 0.3) is 0 Å². The zero-order valence-electron chi connectivity index (χ0n) is 9.08. The molecule has 0 aliphatic carbocycles. The van der Waals surface area contributed by atoms with Gasteiger partial charge in [-0.3, -0.25) is 4.79 Å². The van der Waals surface area contributed by atoms with E-state index in [-0.39, 0.29) is 6.42 Å². The number of hydrogen-bond donors (Lipinski definition) is 3. The predicted molar refractivity (Wildman–Crippen MR) is 63.4 cm³/mol. The minimum Gasteiger partial charge on any atom is -0.481 e. The molecule has 1 heterocycles. The highest BCUT2D eigenvalue weighted by Gasteiger charge is 2.11. The second kappa shape index (κ2) is 3.89. The molecule has 4 N–H and O–H groups in total. The summed E-state index contributed by atoms with van der Waals surface area (Å²) in [7, 11) is 0. The van der Waals surface area contributed by atoms with Crippen LogP contribution in [0.1, 0.15) is 17.7 Å². The van der Waals surface area contributed by atoms with Crippen molar-refractivity contribution in [1.29, 1.82) is 0 Å². The third kappa shape index (κ3) is 1.74. The van der Waals surface area contributed by atoms with E-state index in [0.717, 1.165) is 22.2 Å². The van der Waals surface area contributed by atoms with Gasteiger partial charge in [-0.05, 0) is 31.0 Å². The van der Waals surface area contributed by atoms with E-state index in [9.17, 15) is 4.79 Å². The Morgan fingerprint density at radius 3 is 2.94 bits per heavy atom. The Bertz CT molecular complexity index is 543. The molecule has 1 aromatic carbocycles. The molecule has 2 aromatic rings. The van der Waals surface area contributed by atoms with Crippen molar-refractivity contribution in [3.8, 4) is 0 Å². The molecule has 0 unspecified atom stereocenters. The number of carbonyl (C=O) groups is 1. The Kier molecular flexibility index (Phi) is 2.56. The molecule has 4 heteroatoms. The predicted octanol–water partition coefficient (Wildman–Crippen LogP) is 2.08. The first-order chi connectivity index (χ1) is 7.59. The molecule has 0 saturated carbocycles. The number of aryl methyl sites for hydroxylation is 2. The van der Waals surface area contributed by atoms with Crippen molar-refractivity contribution in [2.75, 3.05) is 5.73 Å². The number of aliphatic carboxylic acids is 1. The highest BCUT2D eigenvalue weighted by Crippen LogP contribution is 2.28. The van der Waals surface area contributed by atoms with Crippen molar-refractivity contribution in [3.05, 3.63) is 29.5 Å². The van der Waals surface area contributed by atoms with Crippen LogP contribution in [-0.2, 0) is 11.2 Å². The van der Waals surface area contributed by atoms with Crippen molar-refractivity contribution in [1.82, 2.24) is 4.98 Å². The van der Waals surface area contributed by atoms with Crippen LogP contribution in [0.25, 0.3) is 10.9 Å². The van der Waals surface area contributed by atoms with E-state index in [1.807, 2.05) is 25.1 Å². The minimum absolute atomic E-state index is 0.127. The maximum absolute atomic E-state index is 10.6. The van der Waals surface area contributed by atoms with E-state index in [1.54, 1.807) is 0 Å². The summed E-state index contributed by atoms with van der Waals surface area (Å²) in [6.45, 7) is 1.94. The first-order valence-corrected chi connectivity index (χ1v) is 5.17. The molecular formula is C12H14N2O2. The van der Waals surface area contributed by atoms with E-state index in [1.165, 1.54) is 0 Å². The lowest BCUT2D eigenvalue weighted by Crippen LogP contribution is -1.98. The Morgan fingerprint density at radius 1 is 1.50 bits per heavy atom. The fourth-order valence-electron chi connectivity index (χ4n) is 2.02. The number of carboxylic acids is 1. The highest BCUT2D eigenvalue weighted by molar-refractivity contribution is 5.95. The molecule has 0 aliphatic rings. The fraction of sp³-hybridized carbons (Fsp3) is 0.250. The number of hydrogen-bond acceptors (Lipinski definition) is 2. The first kappa shape index (κ1) is 10.5. The lowest BCUT2D eigenvalue weighted by Gasteiger charge is -2.01. The SMILES string of the molecule is Cc1[nH]c2cccc(N)c2c1CCC(=O)O. The number of nitrogen functional groups attached to an aromatic ring is 1. The molecule has 0 spiro atoms. The summed E-state index contributed by atoms with van der Waals surface area (Å²) >= 11 is 0. The maximum Gasteiger partial charge on any atom is 0.303 e. The topological polar surface area (TPSA) is 79.1 Å². The lowest BCUT2D eigenvalue weighted by atomic mass is 10.0. The highest BCUT2D eigenvalue weighted by atomic mass is 16.4. The van der Waals surface area contributed by atoms with E-state index < -0.39 is 5.97 Å². The van der Waals surface area contributed by atoms with Gasteiger partial charge < -0.3 is 15.8 Å². The van der Waals surface area contributed by atoms with Gasteiger partial charge in [0.15, 0.2) is 0 Å². The van der Waals surface area contributed by atoms with E-state index in [4.69, 9.17) is 10.8 Å². The summed E-state index contributed by atoms with van der Waals surface area (Å²) < 4.78 is 0. The lowest BCUT2D eigenvalue weighted by molar-refractivity contribution is -0.136. The van der Waals surface area contributed by atoms with Crippen molar-refractivity contribution < 1.29 is 9.90 Å². The smallest absolute Gasteiger partial charge is 0.303 e. The normalized spacial score (nSPS) is 10.8. The standard InChI is InChI=1S/C12H14N2O2/c1-7-8(5-6-11(15)16)12-9(13)3-2-4-10(12)14-7/h2-4,14H,5-6,13H2,1H3,(H,15,16). The summed E-state index contributed by atoms with van der Waals surface area (Å²) in [5.41, 5.74) is 9.58. The Morgan fingerprint density at radius 2 is 2.25 bits per heavy atom. The maximum atomic E-state index is 10.6. The molecule has 84 valence electrons. The van der Waals surface area contributed by atoms with Crippen LogP contribution in [0, 0.1) is 6.92 Å². The number of nitrogens with one attached hydrogen (secondary N) is 1. The van der Waals surface area contributed by atoms with Gasteiger partial charge in [0.05, 0.1) is 0 Å². The number of anilines is 1. The molecule has 16 heavy (non-hydrogen) atoms. The molecule has 1 aromatic heterocycles. The van der Waals surface area contributed by atoms with Crippen LogP contribution in [0.15, 0.2) is 18.2 Å². The second-order valence-electron chi connectivity index (χ2n) is 3.89. The van der Waals surface area contributed by atoms with Crippen LogP contribution in [0.3, 0.4) is 0 Å². The van der Waals surface area contributed by atoms with Gasteiger partial charge in [-0.1, -0.05) is 6.07 Å². The molecular weight excluding hydrogens is 204 g/mol. The number of H-pyrrole nitrogens is 1. The van der Waals surface area contributed by atoms with Gasteiger partial charge >= 0.3 is 5.97 Å². The minimum atomic E-state index is -0.789. The average Bonchev–Trinajstić information content (AvgIpc) is 2.52. The van der Waals surface area contributed by atoms with Gasteiger partial charge in [0.2, 0.25) is 0 Å². The zero-order valence-corrected chi connectivity index (χ0v) is 9.08. The van der Waals surface area contributed by atoms with Crippen LogP contribution < -0.4 is 5.73 Å². The number of aromatic amines is 1. The van der Waals surface area contributed by atoms with E-state index in [0.29, 0.717) is 12.1 Å². The Hall–Kier alpha value is -1.97. The first-order valence-electron chi connectivity index (χ1n) is 5.17. The van der Waals surface area contributed by atoms with Crippen LogP contribution in [0.4, 0.5) is 5.69 Å². The molecule has 0 atom stereocenters. The molecule has 0 radical (unpaired) electrons. The monoisotopic (exact) mass is 218 g/mol.